The maximum Gasteiger partial charge on any atom is 0.211 e. The molecule has 1 heterocycles. The van der Waals surface area contributed by atoms with Crippen LogP contribution in [-0.2, 0) is 10.0 Å². The topological polar surface area (TPSA) is 49.4 Å². The van der Waals surface area contributed by atoms with Gasteiger partial charge in [-0.15, -0.1) is 11.6 Å². The standard InChI is InChI=1S/C12H25ClN2O2S/c1-12(11-15-7-3-2-4-8-15)10-14-18(16,17)9-5-6-13/h12,14H,2-11H2,1H3. The molecular formula is C12H25ClN2O2S. The second-order valence-corrected chi connectivity index (χ2v) is 7.48. The van der Waals surface area contributed by atoms with E-state index in [2.05, 4.69) is 16.5 Å². The zero-order valence-corrected chi connectivity index (χ0v) is 12.8. The van der Waals surface area contributed by atoms with Gasteiger partial charge in [0.25, 0.3) is 0 Å². The number of hydrogen-bond donors (Lipinski definition) is 1. The highest BCUT2D eigenvalue weighted by Gasteiger charge is 2.15. The van der Waals surface area contributed by atoms with Gasteiger partial charge in [-0.2, -0.15) is 0 Å². The van der Waals surface area contributed by atoms with E-state index in [0.29, 0.717) is 24.8 Å². The molecule has 0 bridgehead atoms. The van der Waals surface area contributed by atoms with Crippen LogP contribution in [0.25, 0.3) is 0 Å². The summed E-state index contributed by atoms with van der Waals surface area (Å²) < 4.78 is 25.9. The Labute approximate surface area is 116 Å². The third-order valence-corrected chi connectivity index (χ3v) is 4.92. The van der Waals surface area contributed by atoms with E-state index in [1.54, 1.807) is 0 Å². The SMILES string of the molecule is CC(CNS(=O)(=O)CCCCl)CN1CCCCC1. The maximum atomic E-state index is 11.6. The first-order chi connectivity index (χ1) is 8.53. The molecule has 1 aliphatic rings. The zero-order chi connectivity index (χ0) is 13.4. The van der Waals surface area contributed by atoms with Crippen molar-refractivity contribution in [1.29, 1.82) is 0 Å². The molecule has 6 heteroatoms. The van der Waals surface area contributed by atoms with Crippen LogP contribution in [0.2, 0.25) is 0 Å². The molecular weight excluding hydrogens is 272 g/mol. The average Bonchev–Trinajstić information content (AvgIpc) is 2.36. The van der Waals surface area contributed by atoms with E-state index in [4.69, 9.17) is 11.6 Å². The summed E-state index contributed by atoms with van der Waals surface area (Å²) in [6.07, 6.45) is 4.38. The number of halogens is 1. The van der Waals surface area contributed by atoms with Crippen molar-refractivity contribution in [3.05, 3.63) is 0 Å². The smallest absolute Gasteiger partial charge is 0.211 e. The Morgan fingerprint density at radius 2 is 1.94 bits per heavy atom. The number of piperidine rings is 1. The Bertz CT molecular complexity index is 316. The highest BCUT2D eigenvalue weighted by molar-refractivity contribution is 7.89. The fourth-order valence-electron chi connectivity index (χ4n) is 2.23. The molecule has 0 saturated carbocycles. The summed E-state index contributed by atoms with van der Waals surface area (Å²) in [6.45, 7) is 5.92. The van der Waals surface area contributed by atoms with Crippen molar-refractivity contribution in [2.24, 2.45) is 5.92 Å². The van der Waals surface area contributed by atoms with E-state index in [0.717, 1.165) is 19.6 Å². The Balaban J connectivity index is 2.21. The van der Waals surface area contributed by atoms with Gasteiger partial charge in [0.1, 0.15) is 0 Å². The largest absolute Gasteiger partial charge is 0.303 e. The van der Waals surface area contributed by atoms with Crippen LogP contribution in [0.1, 0.15) is 32.6 Å². The first-order valence-electron chi connectivity index (χ1n) is 6.79. The molecule has 4 nitrogen and oxygen atoms in total. The average molecular weight is 297 g/mol. The second-order valence-electron chi connectivity index (χ2n) is 5.18. The molecule has 1 unspecified atom stereocenters. The lowest BCUT2D eigenvalue weighted by Crippen LogP contribution is -2.38. The monoisotopic (exact) mass is 296 g/mol. The number of nitrogens with one attached hydrogen (secondary N) is 1. The summed E-state index contributed by atoms with van der Waals surface area (Å²) >= 11 is 5.50. The van der Waals surface area contributed by atoms with Crippen molar-refractivity contribution < 1.29 is 8.42 Å². The van der Waals surface area contributed by atoms with Crippen LogP contribution in [-0.4, -0.2) is 51.1 Å². The fourth-order valence-corrected chi connectivity index (χ4v) is 3.73. The molecule has 1 saturated heterocycles. The van der Waals surface area contributed by atoms with E-state index in [9.17, 15) is 8.42 Å². The van der Waals surface area contributed by atoms with Gasteiger partial charge >= 0.3 is 0 Å². The number of hydrogen-bond acceptors (Lipinski definition) is 3. The number of alkyl halides is 1. The molecule has 0 aromatic heterocycles. The highest BCUT2D eigenvalue weighted by Crippen LogP contribution is 2.10. The van der Waals surface area contributed by atoms with Gasteiger partial charge < -0.3 is 4.90 Å². The summed E-state index contributed by atoms with van der Waals surface area (Å²) in [6, 6.07) is 0. The predicted molar refractivity (Wildman–Crippen MR) is 76.6 cm³/mol. The van der Waals surface area contributed by atoms with Crippen molar-refractivity contribution >= 4 is 21.6 Å². The lowest BCUT2D eigenvalue weighted by molar-refractivity contribution is 0.201. The first kappa shape index (κ1) is 16.2. The molecule has 0 aromatic carbocycles. The minimum atomic E-state index is -3.13. The number of rotatable bonds is 8. The van der Waals surface area contributed by atoms with E-state index in [1.165, 1.54) is 19.3 Å². The van der Waals surface area contributed by atoms with Gasteiger partial charge in [-0.05, 0) is 38.3 Å². The first-order valence-corrected chi connectivity index (χ1v) is 8.98. The second kappa shape index (κ2) is 8.35. The van der Waals surface area contributed by atoms with Crippen molar-refractivity contribution in [2.75, 3.05) is 37.8 Å². The molecule has 1 N–H and O–H groups in total. The van der Waals surface area contributed by atoms with Gasteiger partial charge in [0.05, 0.1) is 5.75 Å². The summed E-state index contributed by atoms with van der Waals surface area (Å²) in [5, 5.41) is 0. The van der Waals surface area contributed by atoms with Gasteiger partial charge in [0.2, 0.25) is 10.0 Å². The van der Waals surface area contributed by atoms with Gasteiger partial charge in [-0.1, -0.05) is 13.3 Å². The van der Waals surface area contributed by atoms with Gasteiger partial charge in [-0.3, -0.25) is 0 Å². The van der Waals surface area contributed by atoms with Crippen LogP contribution in [0.15, 0.2) is 0 Å². The highest BCUT2D eigenvalue weighted by atomic mass is 35.5. The van der Waals surface area contributed by atoms with E-state index in [-0.39, 0.29) is 5.75 Å². The lowest BCUT2D eigenvalue weighted by Gasteiger charge is -2.29. The summed E-state index contributed by atoms with van der Waals surface area (Å²) in [5.74, 6) is 0.880. The predicted octanol–water partition coefficient (Wildman–Crippen LogP) is 1.66. The Morgan fingerprint density at radius 1 is 1.28 bits per heavy atom. The van der Waals surface area contributed by atoms with Crippen LogP contribution in [0.3, 0.4) is 0 Å². The zero-order valence-electron chi connectivity index (χ0n) is 11.2. The molecule has 1 rings (SSSR count). The van der Waals surface area contributed by atoms with Gasteiger partial charge in [0.15, 0.2) is 0 Å². The third kappa shape index (κ3) is 6.92. The van der Waals surface area contributed by atoms with E-state index < -0.39 is 10.0 Å². The summed E-state index contributed by atoms with van der Waals surface area (Å²) in [5.41, 5.74) is 0. The number of likely N-dealkylation sites (tertiary alicyclic amines) is 1. The quantitative estimate of drug-likeness (QED) is 0.693. The third-order valence-electron chi connectivity index (χ3n) is 3.22. The van der Waals surface area contributed by atoms with Crippen molar-refractivity contribution in [1.82, 2.24) is 9.62 Å². The minimum Gasteiger partial charge on any atom is -0.303 e. The molecule has 0 aromatic rings. The van der Waals surface area contributed by atoms with Crippen LogP contribution < -0.4 is 4.72 Å². The number of sulfonamides is 1. The molecule has 108 valence electrons. The van der Waals surface area contributed by atoms with E-state index in [1.807, 2.05) is 0 Å². The molecule has 1 atom stereocenters. The number of nitrogens with zero attached hydrogens (tertiary/aromatic N) is 1. The molecule has 18 heavy (non-hydrogen) atoms. The van der Waals surface area contributed by atoms with Crippen LogP contribution in [0.4, 0.5) is 0 Å². The van der Waals surface area contributed by atoms with Gasteiger partial charge in [-0.25, -0.2) is 13.1 Å². The molecule has 1 aliphatic heterocycles. The minimum absolute atomic E-state index is 0.132. The van der Waals surface area contributed by atoms with Crippen molar-refractivity contribution in [2.45, 2.75) is 32.6 Å². The fraction of sp³-hybridized carbons (Fsp3) is 1.00. The normalized spacial score (nSPS) is 19.9. The Hall–Kier alpha value is 0.160. The van der Waals surface area contributed by atoms with Crippen LogP contribution >= 0.6 is 11.6 Å². The molecule has 0 amide bonds. The Kier molecular flexibility index (Phi) is 7.53. The summed E-state index contributed by atoms with van der Waals surface area (Å²) in [4.78, 5) is 2.43. The lowest BCUT2D eigenvalue weighted by atomic mass is 10.1. The maximum absolute atomic E-state index is 11.6. The molecule has 0 aliphatic carbocycles. The molecule has 0 radical (unpaired) electrons. The van der Waals surface area contributed by atoms with E-state index >= 15 is 0 Å². The molecule has 1 fully saturated rings. The molecule has 0 spiro atoms. The van der Waals surface area contributed by atoms with Gasteiger partial charge in [0, 0.05) is 19.0 Å². The van der Waals surface area contributed by atoms with Crippen molar-refractivity contribution in [3.63, 3.8) is 0 Å². The van der Waals surface area contributed by atoms with Crippen LogP contribution in [0.5, 0.6) is 0 Å². The van der Waals surface area contributed by atoms with Crippen molar-refractivity contribution in [3.8, 4) is 0 Å². The van der Waals surface area contributed by atoms with Crippen LogP contribution in [0, 0.1) is 5.92 Å². The Morgan fingerprint density at radius 3 is 2.56 bits per heavy atom. The summed E-state index contributed by atoms with van der Waals surface area (Å²) in [7, 11) is -3.13.